The van der Waals surface area contributed by atoms with Crippen LogP contribution < -0.4 is 5.32 Å². The van der Waals surface area contributed by atoms with Gasteiger partial charge in [-0.2, -0.15) is 9.40 Å². The molecule has 0 unspecified atom stereocenters. The first kappa shape index (κ1) is 18.6. The van der Waals surface area contributed by atoms with E-state index in [2.05, 4.69) is 15.4 Å². The summed E-state index contributed by atoms with van der Waals surface area (Å²) in [6, 6.07) is 13.3. The number of rotatable bonds is 7. The highest BCUT2D eigenvalue weighted by atomic mass is 32.2. The molecule has 4 rings (SSSR count). The summed E-state index contributed by atoms with van der Waals surface area (Å²) in [4.78, 5) is 4.52. The average molecular weight is 398 g/mol. The molecule has 1 aliphatic heterocycles. The SMILES string of the molecule is O=S(=O)(c1ccc(NCCc2cnn(-c3ccccc3)c2)nc1)N1CCCC1. The zero-order valence-electron chi connectivity index (χ0n) is 15.5. The Morgan fingerprint density at radius 1 is 1.00 bits per heavy atom. The van der Waals surface area contributed by atoms with E-state index in [0.29, 0.717) is 25.5 Å². The third-order valence-electron chi connectivity index (χ3n) is 4.82. The van der Waals surface area contributed by atoms with Crippen LogP contribution >= 0.6 is 0 Å². The monoisotopic (exact) mass is 397 g/mol. The third-order valence-corrected chi connectivity index (χ3v) is 6.70. The molecule has 3 heterocycles. The van der Waals surface area contributed by atoms with Crippen LogP contribution in [0.5, 0.6) is 0 Å². The predicted octanol–water partition coefficient (Wildman–Crippen LogP) is 2.71. The van der Waals surface area contributed by atoms with Gasteiger partial charge in [0.15, 0.2) is 0 Å². The van der Waals surface area contributed by atoms with E-state index in [-0.39, 0.29) is 4.90 Å². The normalized spacial score (nSPS) is 15.0. The van der Waals surface area contributed by atoms with Crippen LogP contribution in [0.4, 0.5) is 5.82 Å². The van der Waals surface area contributed by atoms with Crippen LogP contribution in [0.25, 0.3) is 5.69 Å². The summed E-state index contributed by atoms with van der Waals surface area (Å²) in [5.41, 5.74) is 2.14. The van der Waals surface area contributed by atoms with Gasteiger partial charge in [-0.3, -0.25) is 0 Å². The van der Waals surface area contributed by atoms with Crippen molar-refractivity contribution < 1.29 is 8.42 Å². The number of hydrogen-bond donors (Lipinski definition) is 1. The van der Waals surface area contributed by atoms with Gasteiger partial charge in [0.05, 0.1) is 11.9 Å². The minimum Gasteiger partial charge on any atom is -0.370 e. The van der Waals surface area contributed by atoms with Crippen molar-refractivity contribution in [3.8, 4) is 5.69 Å². The zero-order valence-corrected chi connectivity index (χ0v) is 16.3. The lowest BCUT2D eigenvalue weighted by Gasteiger charge is -2.15. The number of pyridine rings is 1. The highest BCUT2D eigenvalue weighted by Gasteiger charge is 2.27. The van der Waals surface area contributed by atoms with Crippen molar-refractivity contribution in [1.82, 2.24) is 19.1 Å². The summed E-state index contributed by atoms with van der Waals surface area (Å²) in [5, 5.41) is 7.62. The first-order chi connectivity index (χ1) is 13.6. The maximum absolute atomic E-state index is 12.5. The number of sulfonamides is 1. The molecule has 1 saturated heterocycles. The molecule has 0 saturated carbocycles. The lowest BCUT2D eigenvalue weighted by Crippen LogP contribution is -2.27. The summed E-state index contributed by atoms with van der Waals surface area (Å²) in [5.74, 6) is 0.663. The van der Waals surface area contributed by atoms with Gasteiger partial charge in [0.25, 0.3) is 0 Å². The van der Waals surface area contributed by atoms with E-state index in [1.807, 2.05) is 47.4 Å². The summed E-state index contributed by atoms with van der Waals surface area (Å²) in [6.45, 7) is 1.88. The van der Waals surface area contributed by atoms with Gasteiger partial charge in [-0.1, -0.05) is 18.2 Å². The molecule has 1 N–H and O–H groups in total. The number of hydrogen-bond acceptors (Lipinski definition) is 5. The molecule has 1 aromatic carbocycles. The first-order valence-corrected chi connectivity index (χ1v) is 10.9. The highest BCUT2D eigenvalue weighted by molar-refractivity contribution is 7.89. The van der Waals surface area contributed by atoms with Gasteiger partial charge in [0, 0.05) is 32.0 Å². The van der Waals surface area contributed by atoms with Crippen LogP contribution in [0, 0.1) is 0 Å². The van der Waals surface area contributed by atoms with E-state index in [1.165, 1.54) is 10.5 Å². The second-order valence-electron chi connectivity index (χ2n) is 6.80. The molecule has 146 valence electrons. The molecule has 2 aromatic heterocycles. The Morgan fingerprint density at radius 2 is 1.79 bits per heavy atom. The molecule has 7 nitrogen and oxygen atoms in total. The van der Waals surface area contributed by atoms with Gasteiger partial charge in [-0.25, -0.2) is 18.1 Å². The highest BCUT2D eigenvalue weighted by Crippen LogP contribution is 2.21. The van der Waals surface area contributed by atoms with Crippen molar-refractivity contribution in [1.29, 1.82) is 0 Å². The van der Waals surface area contributed by atoms with Crippen LogP contribution in [0.1, 0.15) is 18.4 Å². The summed E-state index contributed by atoms with van der Waals surface area (Å²) in [7, 11) is -3.41. The summed E-state index contributed by atoms with van der Waals surface area (Å²) in [6.07, 6.45) is 7.94. The Morgan fingerprint density at radius 3 is 2.50 bits per heavy atom. The molecule has 0 atom stereocenters. The molecule has 0 bridgehead atoms. The van der Waals surface area contributed by atoms with Crippen molar-refractivity contribution in [2.75, 3.05) is 25.0 Å². The van der Waals surface area contributed by atoms with Gasteiger partial charge in [-0.15, -0.1) is 0 Å². The quantitative estimate of drug-likeness (QED) is 0.663. The van der Waals surface area contributed by atoms with Gasteiger partial charge >= 0.3 is 0 Å². The minimum atomic E-state index is -3.41. The summed E-state index contributed by atoms with van der Waals surface area (Å²) >= 11 is 0. The molecule has 1 fully saturated rings. The molecule has 0 aliphatic carbocycles. The van der Waals surface area contributed by atoms with E-state index in [0.717, 1.165) is 30.5 Å². The van der Waals surface area contributed by atoms with Crippen LogP contribution in [0.15, 0.2) is 66.0 Å². The molecule has 0 amide bonds. The topological polar surface area (TPSA) is 80.1 Å². The molecular weight excluding hydrogens is 374 g/mol. The number of para-hydroxylation sites is 1. The van der Waals surface area contributed by atoms with Crippen molar-refractivity contribution >= 4 is 15.8 Å². The molecule has 28 heavy (non-hydrogen) atoms. The Kier molecular flexibility index (Phi) is 5.40. The van der Waals surface area contributed by atoms with Crippen LogP contribution in [0.2, 0.25) is 0 Å². The standard InChI is InChI=1S/C20H23N5O2S/c26-28(27,24-12-4-5-13-24)19-8-9-20(22-15-19)21-11-10-17-14-23-25(16-17)18-6-2-1-3-7-18/h1-3,6-9,14-16H,4-5,10-13H2,(H,21,22). The maximum Gasteiger partial charge on any atom is 0.244 e. The van der Waals surface area contributed by atoms with E-state index in [1.54, 1.807) is 12.1 Å². The molecule has 8 heteroatoms. The predicted molar refractivity (Wildman–Crippen MR) is 108 cm³/mol. The smallest absolute Gasteiger partial charge is 0.244 e. The van der Waals surface area contributed by atoms with Crippen molar-refractivity contribution in [3.63, 3.8) is 0 Å². The Balaban J connectivity index is 1.33. The van der Waals surface area contributed by atoms with Crippen molar-refractivity contribution in [2.45, 2.75) is 24.2 Å². The van der Waals surface area contributed by atoms with Crippen molar-refractivity contribution in [3.05, 3.63) is 66.6 Å². The van der Waals surface area contributed by atoms with Crippen LogP contribution in [0.3, 0.4) is 0 Å². The van der Waals surface area contributed by atoms with Gasteiger partial charge in [0.2, 0.25) is 10.0 Å². The van der Waals surface area contributed by atoms with Crippen LogP contribution in [-0.4, -0.2) is 47.1 Å². The lowest BCUT2D eigenvalue weighted by atomic mass is 10.2. The number of aromatic nitrogens is 3. The Bertz CT molecular complexity index is 1010. The maximum atomic E-state index is 12.5. The van der Waals surface area contributed by atoms with E-state index >= 15 is 0 Å². The van der Waals surface area contributed by atoms with Crippen molar-refractivity contribution in [2.24, 2.45) is 0 Å². The van der Waals surface area contributed by atoms with E-state index < -0.39 is 10.0 Å². The van der Waals surface area contributed by atoms with E-state index in [9.17, 15) is 8.42 Å². The molecular formula is C20H23N5O2S. The molecule has 0 spiro atoms. The third kappa shape index (κ3) is 4.07. The van der Waals surface area contributed by atoms with E-state index in [4.69, 9.17) is 0 Å². The van der Waals surface area contributed by atoms with Crippen LogP contribution in [-0.2, 0) is 16.4 Å². The largest absolute Gasteiger partial charge is 0.370 e. The number of nitrogens with one attached hydrogen (secondary N) is 1. The Hall–Kier alpha value is -2.71. The number of anilines is 1. The fourth-order valence-corrected chi connectivity index (χ4v) is 4.72. The molecule has 3 aromatic rings. The number of nitrogens with zero attached hydrogens (tertiary/aromatic N) is 4. The Labute approximate surface area is 165 Å². The molecule has 0 radical (unpaired) electrons. The first-order valence-electron chi connectivity index (χ1n) is 9.42. The van der Waals surface area contributed by atoms with Gasteiger partial charge in [-0.05, 0) is 49.1 Å². The lowest BCUT2D eigenvalue weighted by molar-refractivity contribution is 0.477. The second-order valence-corrected chi connectivity index (χ2v) is 8.73. The minimum absolute atomic E-state index is 0.254. The zero-order chi connectivity index (χ0) is 19.4. The fourth-order valence-electron chi connectivity index (χ4n) is 3.26. The van der Waals surface area contributed by atoms with Gasteiger partial charge < -0.3 is 5.32 Å². The molecule has 1 aliphatic rings. The van der Waals surface area contributed by atoms with Gasteiger partial charge in [0.1, 0.15) is 10.7 Å². The fraction of sp³-hybridized carbons (Fsp3) is 0.300. The average Bonchev–Trinajstić information content (AvgIpc) is 3.42. The number of benzene rings is 1. The second kappa shape index (κ2) is 8.12. The summed E-state index contributed by atoms with van der Waals surface area (Å²) < 4.78 is 28.4.